The van der Waals surface area contributed by atoms with Gasteiger partial charge in [-0.15, -0.1) is 0 Å². The Bertz CT molecular complexity index is 748. The number of hydrogen-bond acceptors (Lipinski definition) is 5. The average molecular weight is 383 g/mol. The van der Waals surface area contributed by atoms with E-state index in [0.717, 1.165) is 26.2 Å². The number of rotatable bonds is 5. The number of nitrogens with zero attached hydrogens (tertiary/aromatic N) is 2. The summed E-state index contributed by atoms with van der Waals surface area (Å²) in [6.45, 7) is 10.9. The molecule has 1 fully saturated rings. The maximum absolute atomic E-state index is 12.7. The molecule has 2 N–H and O–H groups in total. The summed E-state index contributed by atoms with van der Waals surface area (Å²) in [5.74, 6) is -0.282. The van der Waals surface area contributed by atoms with E-state index in [4.69, 9.17) is 0 Å². The molecule has 7 nitrogen and oxygen atoms in total. The number of carbonyl (C=O) groups excluding carboxylic acids is 1. The molecule has 1 saturated heterocycles. The largest absolute Gasteiger partial charge is 0.368 e. The predicted molar refractivity (Wildman–Crippen MR) is 104 cm³/mol. The molecule has 26 heavy (non-hydrogen) atoms. The molecule has 0 unspecified atom stereocenters. The molecule has 0 bridgehead atoms. The van der Waals surface area contributed by atoms with Crippen LogP contribution in [-0.2, 0) is 10.0 Å². The SMILES string of the molecule is CCNS(=O)(=O)c1cc(C(=O)NC(C)(C)C)ccc1N1CCN(C)CC1. The van der Waals surface area contributed by atoms with Crippen molar-refractivity contribution in [1.29, 1.82) is 0 Å². The fourth-order valence-corrected chi connectivity index (χ4v) is 4.15. The van der Waals surface area contributed by atoms with Gasteiger partial charge in [0.15, 0.2) is 0 Å². The lowest BCUT2D eigenvalue weighted by Crippen LogP contribution is -2.45. The minimum atomic E-state index is -3.69. The van der Waals surface area contributed by atoms with Crippen molar-refractivity contribution in [3.05, 3.63) is 23.8 Å². The van der Waals surface area contributed by atoms with Crippen LogP contribution >= 0.6 is 0 Å². The number of amides is 1. The van der Waals surface area contributed by atoms with Crippen LogP contribution in [0.2, 0.25) is 0 Å². The monoisotopic (exact) mass is 382 g/mol. The third-order valence-electron chi connectivity index (χ3n) is 4.18. The van der Waals surface area contributed by atoms with Gasteiger partial charge in [0, 0.05) is 43.8 Å². The molecule has 0 aliphatic carbocycles. The average Bonchev–Trinajstić information content (AvgIpc) is 2.53. The molecule has 1 aliphatic heterocycles. The van der Waals surface area contributed by atoms with E-state index >= 15 is 0 Å². The first kappa shape index (κ1) is 20.7. The van der Waals surface area contributed by atoms with Crippen LogP contribution in [0.3, 0.4) is 0 Å². The van der Waals surface area contributed by atoms with E-state index in [1.807, 2.05) is 27.8 Å². The van der Waals surface area contributed by atoms with Crippen LogP contribution in [0.1, 0.15) is 38.1 Å². The summed E-state index contributed by atoms with van der Waals surface area (Å²) >= 11 is 0. The summed E-state index contributed by atoms with van der Waals surface area (Å²) in [6.07, 6.45) is 0. The lowest BCUT2D eigenvalue weighted by molar-refractivity contribution is 0.0919. The van der Waals surface area contributed by atoms with Crippen molar-refractivity contribution in [1.82, 2.24) is 14.9 Å². The number of hydrogen-bond donors (Lipinski definition) is 2. The van der Waals surface area contributed by atoms with Gasteiger partial charge in [0.2, 0.25) is 10.0 Å². The predicted octanol–water partition coefficient (Wildman–Crippen LogP) is 1.26. The van der Waals surface area contributed by atoms with Gasteiger partial charge in [-0.25, -0.2) is 13.1 Å². The van der Waals surface area contributed by atoms with Gasteiger partial charge in [0.05, 0.1) is 5.69 Å². The van der Waals surface area contributed by atoms with E-state index in [-0.39, 0.29) is 10.8 Å². The summed E-state index contributed by atoms with van der Waals surface area (Å²) in [5, 5.41) is 2.88. The quantitative estimate of drug-likeness (QED) is 0.801. The summed E-state index contributed by atoms with van der Waals surface area (Å²) in [4.78, 5) is 16.9. The Morgan fingerprint density at radius 3 is 2.31 bits per heavy atom. The third kappa shape index (κ3) is 5.18. The van der Waals surface area contributed by atoms with Gasteiger partial charge in [-0.3, -0.25) is 4.79 Å². The first-order valence-corrected chi connectivity index (χ1v) is 10.4. The van der Waals surface area contributed by atoms with Crippen molar-refractivity contribution >= 4 is 21.6 Å². The van der Waals surface area contributed by atoms with Gasteiger partial charge >= 0.3 is 0 Å². The molecule has 0 spiro atoms. The molecular formula is C18H30N4O3S. The second-order valence-electron chi connectivity index (χ2n) is 7.68. The highest BCUT2D eigenvalue weighted by molar-refractivity contribution is 7.89. The Morgan fingerprint density at radius 1 is 1.15 bits per heavy atom. The van der Waals surface area contributed by atoms with Gasteiger partial charge in [0.25, 0.3) is 5.91 Å². The van der Waals surface area contributed by atoms with Crippen molar-refractivity contribution in [3.63, 3.8) is 0 Å². The van der Waals surface area contributed by atoms with Gasteiger partial charge in [-0.05, 0) is 46.0 Å². The van der Waals surface area contributed by atoms with Crippen LogP contribution in [-0.4, -0.2) is 64.5 Å². The molecule has 2 rings (SSSR count). The number of nitrogens with one attached hydrogen (secondary N) is 2. The van der Waals surface area contributed by atoms with Crippen molar-refractivity contribution in [2.24, 2.45) is 0 Å². The minimum Gasteiger partial charge on any atom is -0.368 e. The smallest absolute Gasteiger partial charge is 0.251 e. The summed E-state index contributed by atoms with van der Waals surface area (Å²) in [7, 11) is -1.64. The molecule has 0 aromatic heterocycles. The molecule has 1 aliphatic rings. The second kappa shape index (κ2) is 7.94. The van der Waals surface area contributed by atoms with Crippen molar-refractivity contribution in [3.8, 4) is 0 Å². The highest BCUT2D eigenvalue weighted by atomic mass is 32.2. The minimum absolute atomic E-state index is 0.158. The molecule has 1 heterocycles. The Kier molecular flexibility index (Phi) is 6.31. The number of benzene rings is 1. The van der Waals surface area contributed by atoms with Crippen LogP contribution in [0.4, 0.5) is 5.69 Å². The van der Waals surface area contributed by atoms with E-state index in [0.29, 0.717) is 17.8 Å². The Hall–Kier alpha value is -1.64. The van der Waals surface area contributed by atoms with Crippen molar-refractivity contribution < 1.29 is 13.2 Å². The lowest BCUT2D eigenvalue weighted by Gasteiger charge is -2.35. The fourth-order valence-electron chi connectivity index (χ4n) is 2.86. The zero-order valence-electron chi connectivity index (χ0n) is 16.3. The Labute approximate surface area is 156 Å². The van der Waals surface area contributed by atoms with E-state index in [2.05, 4.69) is 19.8 Å². The lowest BCUT2D eigenvalue weighted by atomic mass is 10.1. The maximum Gasteiger partial charge on any atom is 0.251 e. The number of carbonyl (C=O) groups is 1. The van der Waals surface area contributed by atoms with E-state index in [9.17, 15) is 13.2 Å². The molecule has 1 aromatic carbocycles. The van der Waals surface area contributed by atoms with Crippen LogP contribution < -0.4 is 14.9 Å². The standard InChI is InChI=1S/C18H30N4O3S/c1-6-19-26(24,25)16-13-14(17(23)20-18(2,3)4)7-8-15(16)22-11-9-21(5)10-12-22/h7-8,13,19H,6,9-12H2,1-5H3,(H,20,23). The molecule has 0 radical (unpaired) electrons. The third-order valence-corrected chi connectivity index (χ3v) is 5.75. The number of piperazine rings is 1. The number of sulfonamides is 1. The van der Waals surface area contributed by atoms with Gasteiger partial charge in [0.1, 0.15) is 4.90 Å². The Morgan fingerprint density at radius 2 is 1.77 bits per heavy atom. The summed E-state index contributed by atoms with van der Waals surface area (Å²) in [5.41, 5.74) is 0.592. The normalized spacial score (nSPS) is 16.6. The molecule has 146 valence electrons. The molecule has 8 heteroatoms. The van der Waals surface area contributed by atoms with Gasteiger partial charge in [-0.2, -0.15) is 0 Å². The van der Waals surface area contributed by atoms with Crippen LogP contribution in [0, 0.1) is 0 Å². The highest BCUT2D eigenvalue weighted by Gasteiger charge is 2.26. The molecule has 1 amide bonds. The Balaban J connectivity index is 2.44. The van der Waals surface area contributed by atoms with E-state index in [1.54, 1.807) is 19.1 Å². The molecule has 0 atom stereocenters. The van der Waals surface area contributed by atoms with Crippen molar-refractivity contribution in [2.45, 2.75) is 38.1 Å². The second-order valence-corrected chi connectivity index (χ2v) is 9.41. The first-order chi connectivity index (χ1) is 12.0. The van der Waals surface area contributed by atoms with Gasteiger partial charge < -0.3 is 15.1 Å². The first-order valence-electron chi connectivity index (χ1n) is 8.93. The topological polar surface area (TPSA) is 81.7 Å². The number of likely N-dealkylation sites (N-methyl/N-ethyl adjacent to an activating group) is 1. The summed E-state index contributed by atoms with van der Waals surface area (Å²) in [6, 6.07) is 4.92. The molecule has 1 aromatic rings. The zero-order valence-corrected chi connectivity index (χ0v) is 17.1. The van der Waals surface area contributed by atoms with Crippen LogP contribution in [0.25, 0.3) is 0 Å². The molecule has 0 saturated carbocycles. The molecular weight excluding hydrogens is 352 g/mol. The summed E-state index contributed by atoms with van der Waals surface area (Å²) < 4.78 is 28.0. The van der Waals surface area contributed by atoms with E-state index < -0.39 is 15.6 Å². The fraction of sp³-hybridized carbons (Fsp3) is 0.611. The van der Waals surface area contributed by atoms with Crippen LogP contribution in [0.5, 0.6) is 0 Å². The van der Waals surface area contributed by atoms with Crippen LogP contribution in [0.15, 0.2) is 23.1 Å². The zero-order chi connectivity index (χ0) is 19.5. The van der Waals surface area contributed by atoms with Crippen molar-refractivity contribution in [2.75, 3.05) is 44.7 Å². The van der Waals surface area contributed by atoms with Gasteiger partial charge in [-0.1, -0.05) is 6.92 Å². The maximum atomic E-state index is 12.7. The van der Waals surface area contributed by atoms with E-state index in [1.165, 1.54) is 6.07 Å². The number of anilines is 1. The highest BCUT2D eigenvalue weighted by Crippen LogP contribution is 2.27.